The van der Waals surface area contributed by atoms with Crippen LogP contribution in [0.25, 0.3) is 10.9 Å². The predicted octanol–water partition coefficient (Wildman–Crippen LogP) is 2.02. The molecule has 0 spiro atoms. The van der Waals surface area contributed by atoms with Crippen LogP contribution in [0.15, 0.2) is 59.5 Å². The molecule has 0 saturated carbocycles. The number of carbonyl (C=O) groups excluding carboxylic acids is 1. The van der Waals surface area contributed by atoms with Crippen LogP contribution in [-0.4, -0.2) is 15.5 Å². The molecular formula is C18H17N3O2. The molecule has 0 aliphatic carbocycles. The van der Waals surface area contributed by atoms with Crippen molar-refractivity contribution >= 4 is 16.8 Å². The molecule has 0 saturated heterocycles. The molecule has 116 valence electrons. The molecule has 0 atom stereocenters. The van der Waals surface area contributed by atoms with Gasteiger partial charge in [-0.05, 0) is 36.6 Å². The summed E-state index contributed by atoms with van der Waals surface area (Å²) in [7, 11) is 0. The van der Waals surface area contributed by atoms with Crippen molar-refractivity contribution in [2.24, 2.45) is 0 Å². The number of aromatic nitrogens is 2. The van der Waals surface area contributed by atoms with Gasteiger partial charge in [-0.1, -0.05) is 24.3 Å². The van der Waals surface area contributed by atoms with Crippen LogP contribution in [0.1, 0.15) is 11.3 Å². The number of amides is 1. The molecule has 0 bridgehead atoms. The second-order valence-electron chi connectivity index (χ2n) is 5.38. The number of nitrogens with one attached hydrogen (secondary N) is 1. The van der Waals surface area contributed by atoms with Gasteiger partial charge >= 0.3 is 0 Å². The quantitative estimate of drug-likeness (QED) is 0.802. The summed E-state index contributed by atoms with van der Waals surface area (Å²) in [5.74, 6) is -0.214. The fourth-order valence-corrected chi connectivity index (χ4v) is 2.52. The van der Waals surface area contributed by atoms with Crippen LogP contribution in [0, 0.1) is 6.92 Å². The Bertz CT molecular complexity index is 901. The van der Waals surface area contributed by atoms with Gasteiger partial charge in [-0.2, -0.15) is 0 Å². The standard InChI is InChI=1S/C18H17N3O2/c1-13-10-14-6-2-3-8-16(14)21(18(13)23)12-17(22)20-11-15-7-4-5-9-19-15/h2-10H,11-12H2,1H3,(H,20,22). The highest BCUT2D eigenvalue weighted by atomic mass is 16.2. The van der Waals surface area contributed by atoms with Gasteiger partial charge in [0.1, 0.15) is 6.54 Å². The number of nitrogens with zero attached hydrogens (tertiary/aromatic N) is 2. The highest BCUT2D eigenvalue weighted by Gasteiger charge is 2.10. The summed E-state index contributed by atoms with van der Waals surface area (Å²) in [4.78, 5) is 28.7. The molecule has 0 radical (unpaired) electrons. The van der Waals surface area contributed by atoms with Gasteiger partial charge in [0, 0.05) is 11.8 Å². The Labute approximate surface area is 133 Å². The molecule has 0 aliphatic rings. The predicted molar refractivity (Wildman–Crippen MR) is 89.0 cm³/mol. The third kappa shape index (κ3) is 3.29. The zero-order valence-corrected chi connectivity index (χ0v) is 12.8. The van der Waals surface area contributed by atoms with E-state index in [-0.39, 0.29) is 18.0 Å². The van der Waals surface area contributed by atoms with E-state index in [0.717, 1.165) is 16.6 Å². The fourth-order valence-electron chi connectivity index (χ4n) is 2.52. The first kappa shape index (κ1) is 15.0. The topological polar surface area (TPSA) is 64.0 Å². The molecule has 23 heavy (non-hydrogen) atoms. The van der Waals surface area contributed by atoms with Crippen LogP contribution in [-0.2, 0) is 17.9 Å². The van der Waals surface area contributed by atoms with Gasteiger partial charge in [0.25, 0.3) is 5.56 Å². The molecular weight excluding hydrogens is 290 g/mol. The van der Waals surface area contributed by atoms with E-state index in [2.05, 4.69) is 10.3 Å². The number of benzene rings is 1. The average molecular weight is 307 g/mol. The molecule has 2 aromatic heterocycles. The van der Waals surface area contributed by atoms with Crippen LogP contribution < -0.4 is 10.9 Å². The Kier molecular flexibility index (Phi) is 4.19. The van der Waals surface area contributed by atoms with E-state index in [1.165, 1.54) is 4.57 Å². The van der Waals surface area contributed by atoms with Crippen molar-refractivity contribution in [2.75, 3.05) is 0 Å². The first-order valence-electron chi connectivity index (χ1n) is 7.41. The molecule has 1 aromatic carbocycles. The Morgan fingerprint density at radius 3 is 2.74 bits per heavy atom. The van der Waals surface area contributed by atoms with Gasteiger partial charge in [-0.3, -0.25) is 19.1 Å². The molecule has 5 nitrogen and oxygen atoms in total. The average Bonchev–Trinajstić information content (AvgIpc) is 2.58. The smallest absolute Gasteiger partial charge is 0.254 e. The number of carbonyl (C=O) groups is 1. The maximum Gasteiger partial charge on any atom is 0.254 e. The summed E-state index contributed by atoms with van der Waals surface area (Å²) >= 11 is 0. The summed E-state index contributed by atoms with van der Waals surface area (Å²) < 4.78 is 1.51. The molecule has 3 rings (SSSR count). The maximum absolute atomic E-state index is 12.4. The third-order valence-electron chi connectivity index (χ3n) is 3.68. The van der Waals surface area contributed by atoms with Gasteiger partial charge in [0.15, 0.2) is 0 Å². The van der Waals surface area contributed by atoms with Crippen LogP contribution >= 0.6 is 0 Å². The van der Waals surface area contributed by atoms with E-state index in [0.29, 0.717) is 12.1 Å². The van der Waals surface area contributed by atoms with Crippen molar-refractivity contribution in [3.63, 3.8) is 0 Å². The lowest BCUT2D eigenvalue weighted by Gasteiger charge is -2.11. The van der Waals surface area contributed by atoms with Crippen LogP contribution in [0.3, 0.4) is 0 Å². The van der Waals surface area contributed by atoms with Gasteiger partial charge in [-0.25, -0.2) is 0 Å². The van der Waals surface area contributed by atoms with E-state index >= 15 is 0 Å². The van der Waals surface area contributed by atoms with E-state index in [4.69, 9.17) is 0 Å². The highest BCUT2D eigenvalue weighted by molar-refractivity contribution is 5.82. The van der Waals surface area contributed by atoms with E-state index < -0.39 is 0 Å². The third-order valence-corrected chi connectivity index (χ3v) is 3.68. The number of hydrogen-bond donors (Lipinski definition) is 1. The van der Waals surface area contributed by atoms with E-state index in [9.17, 15) is 9.59 Å². The molecule has 1 N–H and O–H groups in total. The van der Waals surface area contributed by atoms with Crippen LogP contribution in [0.5, 0.6) is 0 Å². The van der Waals surface area contributed by atoms with Gasteiger partial charge in [0.2, 0.25) is 5.91 Å². The SMILES string of the molecule is Cc1cc2ccccc2n(CC(=O)NCc2ccccn2)c1=O. The number of rotatable bonds is 4. The van der Waals surface area contributed by atoms with E-state index in [1.54, 1.807) is 13.1 Å². The Morgan fingerprint density at radius 1 is 1.17 bits per heavy atom. The summed E-state index contributed by atoms with van der Waals surface area (Å²) in [6.45, 7) is 2.10. The number of fused-ring (bicyclic) bond motifs is 1. The van der Waals surface area contributed by atoms with Crippen molar-refractivity contribution in [2.45, 2.75) is 20.0 Å². The lowest BCUT2D eigenvalue weighted by atomic mass is 10.1. The summed E-state index contributed by atoms with van der Waals surface area (Å²) in [5, 5.41) is 3.74. The number of aryl methyl sites for hydroxylation is 1. The second-order valence-corrected chi connectivity index (χ2v) is 5.38. The van der Waals surface area contributed by atoms with Crippen molar-refractivity contribution in [1.29, 1.82) is 0 Å². The van der Waals surface area contributed by atoms with Crippen LogP contribution in [0.4, 0.5) is 0 Å². The Morgan fingerprint density at radius 2 is 1.96 bits per heavy atom. The van der Waals surface area contributed by atoms with Crippen LogP contribution in [0.2, 0.25) is 0 Å². The first-order chi connectivity index (χ1) is 11.1. The minimum Gasteiger partial charge on any atom is -0.349 e. The summed E-state index contributed by atoms with van der Waals surface area (Å²) in [6.07, 6.45) is 1.68. The van der Waals surface area contributed by atoms with Gasteiger partial charge < -0.3 is 5.32 Å². The molecule has 3 aromatic rings. The summed E-state index contributed by atoms with van der Waals surface area (Å²) in [6, 6.07) is 14.9. The minimum absolute atomic E-state index is 0.00609. The van der Waals surface area contributed by atoms with Crippen molar-refractivity contribution in [3.05, 3.63) is 76.3 Å². The lowest BCUT2D eigenvalue weighted by molar-refractivity contribution is -0.121. The van der Waals surface area contributed by atoms with Crippen molar-refractivity contribution < 1.29 is 4.79 Å². The fraction of sp³-hybridized carbons (Fsp3) is 0.167. The number of pyridine rings is 2. The molecule has 5 heteroatoms. The first-order valence-corrected chi connectivity index (χ1v) is 7.41. The normalized spacial score (nSPS) is 10.7. The molecule has 0 fully saturated rings. The second kappa shape index (κ2) is 6.44. The molecule has 0 aliphatic heterocycles. The molecule has 1 amide bonds. The summed E-state index contributed by atoms with van der Waals surface area (Å²) in [5.41, 5.74) is 2.02. The monoisotopic (exact) mass is 307 g/mol. The largest absolute Gasteiger partial charge is 0.349 e. The van der Waals surface area contributed by atoms with Crippen molar-refractivity contribution in [1.82, 2.24) is 14.9 Å². The zero-order chi connectivity index (χ0) is 16.2. The van der Waals surface area contributed by atoms with Crippen molar-refractivity contribution in [3.8, 4) is 0 Å². The zero-order valence-electron chi connectivity index (χ0n) is 12.8. The minimum atomic E-state index is -0.214. The maximum atomic E-state index is 12.4. The molecule has 0 unspecified atom stereocenters. The Balaban J connectivity index is 1.82. The lowest BCUT2D eigenvalue weighted by Crippen LogP contribution is -2.33. The van der Waals surface area contributed by atoms with Gasteiger partial charge in [-0.15, -0.1) is 0 Å². The Hall–Kier alpha value is -2.95. The number of para-hydroxylation sites is 1. The number of hydrogen-bond acceptors (Lipinski definition) is 3. The van der Waals surface area contributed by atoms with Gasteiger partial charge in [0.05, 0.1) is 17.8 Å². The highest BCUT2D eigenvalue weighted by Crippen LogP contribution is 2.12. The molecule has 2 heterocycles. The van der Waals surface area contributed by atoms with E-state index in [1.807, 2.05) is 48.5 Å².